The fourth-order valence-electron chi connectivity index (χ4n) is 3.33. The first-order chi connectivity index (χ1) is 15.9. The van der Waals surface area contributed by atoms with Crippen LogP contribution >= 0.6 is 46.4 Å². The quantitative estimate of drug-likeness (QED) is 0.436. The van der Waals surface area contributed by atoms with Gasteiger partial charge in [-0.05, 0) is 43.2 Å². The van der Waals surface area contributed by atoms with E-state index in [0.29, 0.717) is 28.6 Å². The van der Waals surface area contributed by atoms with E-state index in [-0.39, 0.29) is 28.2 Å². The lowest BCUT2D eigenvalue weighted by molar-refractivity contribution is -0.140. The molecular formula is C22H25Cl4N3O4S. The maximum atomic E-state index is 13.5. The van der Waals surface area contributed by atoms with E-state index in [1.165, 1.54) is 23.1 Å². The second-order valence-corrected chi connectivity index (χ2v) is 10.9. The number of likely N-dealkylation sites (N-methyl/N-ethyl adjacent to an activating group) is 1. The lowest BCUT2D eigenvalue weighted by atomic mass is 10.1. The van der Waals surface area contributed by atoms with Gasteiger partial charge in [-0.2, -0.15) is 0 Å². The van der Waals surface area contributed by atoms with Crippen molar-refractivity contribution in [3.63, 3.8) is 0 Å². The molecule has 0 saturated carbocycles. The van der Waals surface area contributed by atoms with Crippen molar-refractivity contribution in [2.24, 2.45) is 0 Å². The van der Waals surface area contributed by atoms with Crippen LogP contribution in [0.1, 0.15) is 25.8 Å². The predicted molar refractivity (Wildman–Crippen MR) is 138 cm³/mol. The molecule has 0 radical (unpaired) electrons. The summed E-state index contributed by atoms with van der Waals surface area (Å²) >= 11 is 24.4. The molecule has 0 unspecified atom stereocenters. The number of hydrogen-bond donors (Lipinski definition) is 1. The molecule has 2 amide bonds. The van der Waals surface area contributed by atoms with Crippen LogP contribution in [0.4, 0.5) is 5.69 Å². The lowest BCUT2D eigenvalue weighted by Gasteiger charge is -2.33. The van der Waals surface area contributed by atoms with E-state index < -0.39 is 28.5 Å². The summed E-state index contributed by atoms with van der Waals surface area (Å²) in [4.78, 5) is 27.6. The zero-order valence-electron chi connectivity index (χ0n) is 18.8. The van der Waals surface area contributed by atoms with Crippen LogP contribution in [0.25, 0.3) is 0 Å². The molecule has 0 aromatic heterocycles. The van der Waals surface area contributed by atoms with Crippen molar-refractivity contribution >= 4 is 73.9 Å². The van der Waals surface area contributed by atoms with Gasteiger partial charge in [0.15, 0.2) is 0 Å². The average Bonchev–Trinajstić information content (AvgIpc) is 2.76. The molecule has 34 heavy (non-hydrogen) atoms. The minimum absolute atomic E-state index is 0.00538. The Kier molecular flexibility index (Phi) is 10.3. The van der Waals surface area contributed by atoms with Crippen molar-refractivity contribution in [2.45, 2.75) is 32.9 Å². The summed E-state index contributed by atoms with van der Waals surface area (Å²) in [5, 5.41) is 3.49. The molecule has 0 aliphatic rings. The molecule has 0 aliphatic heterocycles. The van der Waals surface area contributed by atoms with Crippen molar-refractivity contribution in [2.75, 3.05) is 23.7 Å². The minimum atomic E-state index is -3.93. The summed E-state index contributed by atoms with van der Waals surface area (Å²) in [5.74, 6) is -0.962. The molecule has 2 aromatic carbocycles. The summed E-state index contributed by atoms with van der Waals surface area (Å²) in [6.07, 6.45) is 1.26. The second kappa shape index (κ2) is 12.3. The molecule has 0 aliphatic carbocycles. The Morgan fingerprint density at radius 3 is 2.24 bits per heavy atom. The Labute approximate surface area is 220 Å². The maximum Gasteiger partial charge on any atom is 0.244 e. The van der Waals surface area contributed by atoms with Gasteiger partial charge >= 0.3 is 0 Å². The highest BCUT2D eigenvalue weighted by Gasteiger charge is 2.32. The Balaban J connectivity index is 2.50. The lowest BCUT2D eigenvalue weighted by Crippen LogP contribution is -2.52. The molecule has 0 bridgehead atoms. The van der Waals surface area contributed by atoms with Crippen molar-refractivity contribution in [3.8, 4) is 0 Å². The monoisotopic (exact) mass is 567 g/mol. The van der Waals surface area contributed by atoms with Crippen LogP contribution in [0.5, 0.6) is 0 Å². The topological polar surface area (TPSA) is 86.8 Å². The molecule has 2 rings (SSSR count). The smallest absolute Gasteiger partial charge is 0.244 e. The van der Waals surface area contributed by atoms with Gasteiger partial charge in [-0.25, -0.2) is 8.42 Å². The van der Waals surface area contributed by atoms with E-state index in [9.17, 15) is 18.0 Å². The standard InChI is InChI=1S/C22H25Cl4N3O4S/c1-4-18(22(31)27-5-2)28(12-14-9-10-15(23)17(25)11-14)20(30)13-29(34(3,32)33)19-8-6-7-16(24)21(19)26/h6-11,18H,4-5,12-13H2,1-3H3,(H,27,31)/t18-/m1/s1. The van der Waals surface area contributed by atoms with Crippen LogP contribution in [-0.2, 0) is 26.2 Å². The highest BCUT2D eigenvalue weighted by atomic mass is 35.5. The predicted octanol–water partition coefficient (Wildman–Crippen LogP) is 5.01. The summed E-state index contributed by atoms with van der Waals surface area (Å²) in [6.45, 7) is 3.32. The number of nitrogens with zero attached hydrogens (tertiary/aromatic N) is 2. The SMILES string of the molecule is CCNC(=O)[C@@H](CC)N(Cc1ccc(Cl)c(Cl)c1)C(=O)CN(c1cccc(Cl)c1Cl)S(C)(=O)=O. The molecule has 1 N–H and O–H groups in total. The largest absolute Gasteiger partial charge is 0.355 e. The highest BCUT2D eigenvalue weighted by molar-refractivity contribution is 7.92. The van der Waals surface area contributed by atoms with Gasteiger partial charge in [0.2, 0.25) is 21.8 Å². The first-order valence-corrected chi connectivity index (χ1v) is 13.7. The zero-order valence-corrected chi connectivity index (χ0v) is 22.7. The van der Waals surface area contributed by atoms with Gasteiger partial charge in [0.05, 0.1) is 32.0 Å². The number of hydrogen-bond acceptors (Lipinski definition) is 4. The fourth-order valence-corrected chi connectivity index (χ4v) is 4.95. The summed E-state index contributed by atoms with van der Waals surface area (Å²) < 4.78 is 26.1. The number of amides is 2. The Bertz CT molecular complexity index is 1160. The van der Waals surface area contributed by atoms with E-state index in [0.717, 1.165) is 10.6 Å². The van der Waals surface area contributed by atoms with Crippen LogP contribution in [0, 0.1) is 0 Å². The third-order valence-electron chi connectivity index (χ3n) is 4.95. The van der Waals surface area contributed by atoms with E-state index in [4.69, 9.17) is 46.4 Å². The molecular weight excluding hydrogens is 544 g/mol. The number of sulfonamides is 1. The molecule has 0 saturated heterocycles. The number of halogens is 4. The second-order valence-electron chi connectivity index (χ2n) is 7.43. The van der Waals surface area contributed by atoms with Gasteiger partial charge in [0.25, 0.3) is 0 Å². The van der Waals surface area contributed by atoms with E-state index in [1.54, 1.807) is 32.0 Å². The molecule has 12 heteroatoms. The first kappa shape index (κ1) is 28.5. The molecule has 0 fully saturated rings. The molecule has 186 valence electrons. The number of benzene rings is 2. The van der Waals surface area contributed by atoms with Crippen LogP contribution in [0.2, 0.25) is 20.1 Å². The average molecular weight is 569 g/mol. The number of carbonyl (C=O) groups excluding carboxylic acids is 2. The minimum Gasteiger partial charge on any atom is -0.355 e. The normalized spacial score (nSPS) is 12.2. The molecule has 0 heterocycles. The highest BCUT2D eigenvalue weighted by Crippen LogP contribution is 2.34. The summed E-state index contributed by atoms with van der Waals surface area (Å²) in [5.41, 5.74) is 0.683. The Hall–Kier alpha value is -1.71. The number of nitrogens with one attached hydrogen (secondary N) is 1. The number of carbonyl (C=O) groups is 2. The maximum absolute atomic E-state index is 13.5. The van der Waals surface area contributed by atoms with Gasteiger partial charge in [0.1, 0.15) is 12.6 Å². The third kappa shape index (κ3) is 7.15. The summed E-state index contributed by atoms with van der Waals surface area (Å²) in [7, 11) is -3.93. The Morgan fingerprint density at radius 1 is 1.00 bits per heavy atom. The van der Waals surface area contributed by atoms with Gasteiger partial charge in [-0.15, -0.1) is 0 Å². The summed E-state index contributed by atoms with van der Waals surface area (Å²) in [6, 6.07) is 8.50. The van der Waals surface area contributed by atoms with Crippen molar-refractivity contribution in [1.82, 2.24) is 10.2 Å². The van der Waals surface area contributed by atoms with Crippen molar-refractivity contribution < 1.29 is 18.0 Å². The van der Waals surface area contributed by atoms with Crippen LogP contribution in [-0.4, -0.2) is 50.5 Å². The fraction of sp³-hybridized carbons (Fsp3) is 0.364. The van der Waals surface area contributed by atoms with E-state index >= 15 is 0 Å². The third-order valence-corrected chi connectivity index (χ3v) is 7.63. The van der Waals surface area contributed by atoms with Crippen LogP contribution in [0.3, 0.4) is 0 Å². The van der Waals surface area contributed by atoms with Crippen LogP contribution < -0.4 is 9.62 Å². The zero-order chi connectivity index (χ0) is 25.6. The Morgan fingerprint density at radius 2 is 1.68 bits per heavy atom. The molecule has 0 spiro atoms. The van der Waals surface area contributed by atoms with Crippen LogP contribution in [0.15, 0.2) is 36.4 Å². The van der Waals surface area contributed by atoms with Gasteiger partial charge in [0, 0.05) is 13.1 Å². The van der Waals surface area contributed by atoms with Crippen molar-refractivity contribution in [1.29, 1.82) is 0 Å². The van der Waals surface area contributed by atoms with Crippen molar-refractivity contribution in [3.05, 3.63) is 62.1 Å². The van der Waals surface area contributed by atoms with E-state index in [2.05, 4.69) is 5.32 Å². The van der Waals surface area contributed by atoms with E-state index in [1.807, 2.05) is 0 Å². The molecule has 1 atom stereocenters. The van der Waals surface area contributed by atoms with Gasteiger partial charge in [-0.1, -0.05) is 65.5 Å². The van der Waals surface area contributed by atoms with Gasteiger partial charge < -0.3 is 10.2 Å². The molecule has 2 aromatic rings. The molecule has 7 nitrogen and oxygen atoms in total. The number of rotatable bonds is 10. The number of anilines is 1. The van der Waals surface area contributed by atoms with Gasteiger partial charge in [-0.3, -0.25) is 13.9 Å². The first-order valence-electron chi connectivity index (χ1n) is 10.3.